The van der Waals surface area contributed by atoms with E-state index in [4.69, 9.17) is 9.47 Å². The van der Waals surface area contributed by atoms with Gasteiger partial charge in [-0.3, -0.25) is 9.69 Å². The van der Waals surface area contributed by atoms with Crippen LogP contribution in [0.2, 0.25) is 0 Å². The average Bonchev–Trinajstić information content (AvgIpc) is 3.38. The quantitative estimate of drug-likeness (QED) is 0.501. The summed E-state index contributed by atoms with van der Waals surface area (Å²) in [5, 5.41) is 7.39. The molecule has 0 atom stereocenters. The van der Waals surface area contributed by atoms with Crippen molar-refractivity contribution in [2.24, 2.45) is 0 Å². The van der Waals surface area contributed by atoms with Crippen LogP contribution < -0.4 is 14.8 Å². The monoisotopic (exact) mass is 431 g/mol. The van der Waals surface area contributed by atoms with Gasteiger partial charge < -0.3 is 14.8 Å². The molecule has 0 aliphatic rings. The van der Waals surface area contributed by atoms with E-state index in [9.17, 15) is 4.79 Å². The fourth-order valence-electron chi connectivity index (χ4n) is 2.83. The van der Waals surface area contributed by atoms with E-state index in [2.05, 4.69) is 34.3 Å². The van der Waals surface area contributed by atoms with Crippen molar-refractivity contribution < 1.29 is 14.3 Å². The zero-order chi connectivity index (χ0) is 20.6. The van der Waals surface area contributed by atoms with Crippen LogP contribution in [-0.4, -0.2) is 29.4 Å². The van der Waals surface area contributed by atoms with Gasteiger partial charge in [-0.25, -0.2) is 4.98 Å². The minimum Gasteiger partial charge on any atom is -0.493 e. The smallest absolute Gasteiger partial charge is 0.223 e. The summed E-state index contributed by atoms with van der Waals surface area (Å²) in [6, 6.07) is 10.1. The van der Waals surface area contributed by atoms with Crippen LogP contribution in [0.5, 0.6) is 11.5 Å². The van der Waals surface area contributed by atoms with Crippen LogP contribution in [0.1, 0.15) is 30.0 Å². The molecule has 0 aliphatic carbocycles. The molecule has 0 bridgehead atoms. The standard InChI is InChI=1S/C21H25N3O3S2/c1-4-24(12-17-14-29-21(23-17)22-15(2)25)11-16-7-8-19(20(10-16)26-3)27-13-18-6-5-9-28-18/h5-10,14H,4,11-13H2,1-3H3,(H,22,23,25). The second-order valence-electron chi connectivity index (χ2n) is 6.48. The molecule has 0 radical (unpaired) electrons. The number of ether oxygens (including phenoxy) is 2. The highest BCUT2D eigenvalue weighted by atomic mass is 32.1. The fraction of sp³-hybridized carbons (Fsp3) is 0.333. The lowest BCUT2D eigenvalue weighted by molar-refractivity contribution is -0.114. The Balaban J connectivity index is 1.62. The Kier molecular flexibility index (Phi) is 7.62. The number of rotatable bonds is 10. The fourth-order valence-corrected chi connectivity index (χ4v) is 4.19. The molecule has 154 valence electrons. The molecule has 29 heavy (non-hydrogen) atoms. The SMILES string of the molecule is CCN(Cc1ccc(OCc2cccs2)c(OC)c1)Cc1csc(NC(C)=O)n1. The van der Waals surface area contributed by atoms with Crippen molar-refractivity contribution >= 4 is 33.7 Å². The van der Waals surface area contributed by atoms with E-state index in [1.807, 2.05) is 29.0 Å². The molecule has 2 aromatic heterocycles. The van der Waals surface area contributed by atoms with Gasteiger partial charge in [0.05, 0.1) is 12.8 Å². The number of thiophene rings is 1. The van der Waals surface area contributed by atoms with Gasteiger partial charge in [-0.05, 0) is 35.7 Å². The van der Waals surface area contributed by atoms with Gasteiger partial charge in [-0.2, -0.15) is 0 Å². The summed E-state index contributed by atoms with van der Waals surface area (Å²) in [5.74, 6) is 1.37. The van der Waals surface area contributed by atoms with Crippen molar-refractivity contribution in [3.05, 3.63) is 57.2 Å². The predicted octanol–water partition coefficient (Wildman–Crippen LogP) is 4.77. The van der Waals surface area contributed by atoms with Crippen LogP contribution in [0, 0.1) is 0 Å². The van der Waals surface area contributed by atoms with Crippen molar-refractivity contribution in [2.45, 2.75) is 33.5 Å². The summed E-state index contributed by atoms with van der Waals surface area (Å²) in [4.78, 5) is 19.1. The Hall–Kier alpha value is -2.42. The van der Waals surface area contributed by atoms with Gasteiger partial charge >= 0.3 is 0 Å². The summed E-state index contributed by atoms with van der Waals surface area (Å²) in [6.07, 6.45) is 0. The molecule has 6 nitrogen and oxygen atoms in total. The lowest BCUT2D eigenvalue weighted by Crippen LogP contribution is -2.22. The molecular weight excluding hydrogens is 406 g/mol. The van der Waals surface area contributed by atoms with Crippen LogP contribution in [0.25, 0.3) is 0 Å². The van der Waals surface area contributed by atoms with E-state index < -0.39 is 0 Å². The maximum atomic E-state index is 11.2. The van der Waals surface area contributed by atoms with Gasteiger partial charge in [0.25, 0.3) is 0 Å². The number of hydrogen-bond donors (Lipinski definition) is 1. The Morgan fingerprint density at radius 3 is 2.76 bits per heavy atom. The largest absolute Gasteiger partial charge is 0.493 e. The first-order valence-corrected chi connectivity index (χ1v) is 11.1. The highest BCUT2D eigenvalue weighted by Gasteiger charge is 2.12. The van der Waals surface area contributed by atoms with Crippen LogP contribution in [-0.2, 0) is 24.5 Å². The number of hydrogen-bond acceptors (Lipinski definition) is 7. The molecule has 0 fully saturated rings. The molecule has 1 N–H and O–H groups in total. The van der Waals surface area contributed by atoms with E-state index in [-0.39, 0.29) is 5.91 Å². The highest BCUT2D eigenvalue weighted by molar-refractivity contribution is 7.13. The van der Waals surface area contributed by atoms with Gasteiger partial charge in [0.1, 0.15) is 6.61 Å². The molecule has 2 heterocycles. The first-order valence-electron chi connectivity index (χ1n) is 9.33. The van der Waals surface area contributed by atoms with E-state index in [0.29, 0.717) is 18.3 Å². The third kappa shape index (κ3) is 6.28. The molecule has 3 aromatic rings. The number of nitrogens with one attached hydrogen (secondary N) is 1. The molecular formula is C21H25N3O3S2. The number of thiazole rings is 1. The number of aromatic nitrogens is 1. The molecule has 8 heteroatoms. The topological polar surface area (TPSA) is 63.7 Å². The third-order valence-corrected chi connectivity index (χ3v) is 5.91. The summed E-state index contributed by atoms with van der Waals surface area (Å²) < 4.78 is 11.5. The molecule has 0 spiro atoms. The number of nitrogens with zero attached hydrogens (tertiary/aromatic N) is 2. The van der Waals surface area contributed by atoms with E-state index in [0.717, 1.165) is 35.8 Å². The third-order valence-electron chi connectivity index (χ3n) is 4.25. The summed E-state index contributed by atoms with van der Waals surface area (Å²) >= 11 is 3.12. The van der Waals surface area contributed by atoms with Gasteiger partial charge in [0.15, 0.2) is 16.6 Å². The second-order valence-corrected chi connectivity index (χ2v) is 8.37. The minimum absolute atomic E-state index is 0.105. The minimum atomic E-state index is -0.105. The van der Waals surface area contributed by atoms with Crippen LogP contribution >= 0.6 is 22.7 Å². The summed E-state index contributed by atoms with van der Waals surface area (Å²) in [7, 11) is 1.66. The summed E-state index contributed by atoms with van der Waals surface area (Å²) in [6.45, 7) is 6.51. The number of methoxy groups -OCH3 is 1. The lowest BCUT2D eigenvalue weighted by atomic mass is 10.2. The zero-order valence-electron chi connectivity index (χ0n) is 16.8. The van der Waals surface area contributed by atoms with E-state index >= 15 is 0 Å². The number of anilines is 1. The van der Waals surface area contributed by atoms with Crippen molar-refractivity contribution in [1.29, 1.82) is 0 Å². The van der Waals surface area contributed by atoms with Crippen molar-refractivity contribution in [2.75, 3.05) is 19.0 Å². The number of carbonyl (C=O) groups is 1. The van der Waals surface area contributed by atoms with Crippen LogP contribution in [0.4, 0.5) is 5.13 Å². The predicted molar refractivity (Wildman–Crippen MR) is 118 cm³/mol. The molecule has 0 aliphatic heterocycles. The number of amides is 1. The van der Waals surface area contributed by atoms with Gasteiger partial charge in [-0.1, -0.05) is 19.1 Å². The molecule has 0 saturated heterocycles. The van der Waals surface area contributed by atoms with Crippen molar-refractivity contribution in [1.82, 2.24) is 9.88 Å². The number of benzene rings is 1. The molecule has 3 rings (SSSR count). The Labute approximate surface area is 179 Å². The maximum absolute atomic E-state index is 11.2. The molecule has 0 unspecified atom stereocenters. The van der Waals surface area contributed by atoms with Crippen molar-refractivity contribution in [3.8, 4) is 11.5 Å². The highest BCUT2D eigenvalue weighted by Crippen LogP contribution is 2.30. The van der Waals surface area contributed by atoms with Crippen LogP contribution in [0.3, 0.4) is 0 Å². The Bertz CT molecular complexity index is 925. The van der Waals surface area contributed by atoms with Crippen molar-refractivity contribution in [3.63, 3.8) is 0 Å². The average molecular weight is 432 g/mol. The molecule has 0 saturated carbocycles. The Morgan fingerprint density at radius 1 is 1.21 bits per heavy atom. The first kappa shape index (κ1) is 21.3. The maximum Gasteiger partial charge on any atom is 0.223 e. The van der Waals surface area contributed by atoms with E-state index in [1.165, 1.54) is 23.1 Å². The molecule has 1 amide bonds. The summed E-state index contributed by atoms with van der Waals surface area (Å²) in [5.41, 5.74) is 2.09. The second kappa shape index (κ2) is 10.4. The normalized spacial score (nSPS) is 10.9. The van der Waals surface area contributed by atoms with Gasteiger partial charge in [0.2, 0.25) is 5.91 Å². The van der Waals surface area contributed by atoms with E-state index in [1.54, 1.807) is 18.4 Å². The van der Waals surface area contributed by atoms with Gasteiger partial charge in [-0.15, -0.1) is 22.7 Å². The van der Waals surface area contributed by atoms with Gasteiger partial charge in [0, 0.05) is 30.3 Å². The number of carbonyl (C=O) groups excluding carboxylic acids is 1. The Morgan fingerprint density at radius 2 is 2.07 bits per heavy atom. The lowest BCUT2D eigenvalue weighted by Gasteiger charge is -2.20. The molecule has 1 aromatic carbocycles. The zero-order valence-corrected chi connectivity index (χ0v) is 18.4. The first-order chi connectivity index (χ1) is 14.1. The van der Waals surface area contributed by atoms with Crippen LogP contribution in [0.15, 0.2) is 41.1 Å².